The summed E-state index contributed by atoms with van der Waals surface area (Å²) in [6.45, 7) is 1.13. The molecule has 0 heterocycles. The van der Waals surface area contributed by atoms with Crippen molar-refractivity contribution in [2.75, 3.05) is 14.1 Å². The number of benzene rings is 2. The van der Waals surface area contributed by atoms with Crippen molar-refractivity contribution in [2.24, 2.45) is 0 Å². The highest BCUT2D eigenvalue weighted by Crippen LogP contribution is 2.30. The molecule has 0 aliphatic heterocycles. The van der Waals surface area contributed by atoms with Crippen molar-refractivity contribution >= 4 is 39.1 Å². The molecule has 0 saturated heterocycles. The normalized spacial score (nSPS) is 14.2. The third-order valence-corrected chi connectivity index (χ3v) is 6.73. The van der Waals surface area contributed by atoms with E-state index in [1.54, 1.807) is 0 Å². The molecule has 0 radical (unpaired) electrons. The summed E-state index contributed by atoms with van der Waals surface area (Å²) in [6, 6.07) is 10.3. The largest absolute Gasteiger partial charge is 0.348 e. The van der Waals surface area contributed by atoms with Crippen LogP contribution >= 0.6 is 23.2 Å². The Kier molecular flexibility index (Phi) is 6.86. The second-order valence-electron chi connectivity index (χ2n) is 7.39. The third-order valence-electron chi connectivity index (χ3n) is 4.43. The number of carbonyl (C=O) groups is 1. The molecule has 1 aliphatic carbocycles. The van der Waals surface area contributed by atoms with Gasteiger partial charge < -0.3 is 10.2 Å². The van der Waals surface area contributed by atoms with Crippen LogP contribution in [0.4, 0.5) is 0 Å². The van der Waals surface area contributed by atoms with E-state index in [0.29, 0.717) is 6.54 Å². The van der Waals surface area contributed by atoms with E-state index in [1.165, 1.54) is 17.7 Å². The first-order valence-corrected chi connectivity index (χ1v) is 11.4. The molecule has 2 aromatic rings. The van der Waals surface area contributed by atoms with Gasteiger partial charge in [0.1, 0.15) is 4.90 Å². The molecule has 0 bridgehead atoms. The molecule has 9 heteroatoms. The molecule has 0 unspecified atom stereocenters. The quantitative estimate of drug-likeness (QED) is 0.638. The Bertz CT molecular complexity index is 1000. The van der Waals surface area contributed by atoms with Gasteiger partial charge in [-0.05, 0) is 50.2 Å². The molecule has 2 aromatic carbocycles. The fourth-order valence-corrected chi connectivity index (χ4v) is 4.96. The van der Waals surface area contributed by atoms with Crippen LogP contribution in [0.5, 0.6) is 0 Å². The Balaban J connectivity index is 1.72. The zero-order valence-electron chi connectivity index (χ0n) is 16.2. The average molecular weight is 456 g/mol. The molecule has 1 fully saturated rings. The van der Waals surface area contributed by atoms with Crippen LogP contribution in [0.3, 0.4) is 0 Å². The molecular weight excluding hydrogens is 433 g/mol. The number of nitrogens with one attached hydrogen (secondary N) is 2. The maximum Gasteiger partial charge on any atom is 0.253 e. The Labute approximate surface area is 181 Å². The molecule has 0 aromatic heterocycles. The van der Waals surface area contributed by atoms with E-state index >= 15 is 0 Å². The molecule has 6 nitrogen and oxygen atoms in total. The number of sulfonamides is 1. The molecular formula is C20H23Cl2N3O3S. The van der Waals surface area contributed by atoms with E-state index in [0.717, 1.165) is 24.9 Å². The second kappa shape index (κ2) is 9.02. The number of nitrogens with zero attached hydrogens (tertiary/aromatic N) is 1. The summed E-state index contributed by atoms with van der Waals surface area (Å²) in [6.07, 6.45) is 1.59. The minimum absolute atomic E-state index is 0.0174. The fraction of sp³-hybridized carbons (Fsp3) is 0.350. The van der Waals surface area contributed by atoms with Crippen molar-refractivity contribution in [1.82, 2.24) is 14.9 Å². The molecule has 0 spiro atoms. The van der Waals surface area contributed by atoms with Gasteiger partial charge in [0.05, 0.1) is 15.6 Å². The first-order valence-electron chi connectivity index (χ1n) is 9.18. The zero-order valence-corrected chi connectivity index (χ0v) is 18.5. The highest BCUT2D eigenvalue weighted by atomic mass is 35.5. The van der Waals surface area contributed by atoms with E-state index in [1.807, 2.05) is 38.4 Å². The van der Waals surface area contributed by atoms with E-state index in [9.17, 15) is 13.2 Å². The summed E-state index contributed by atoms with van der Waals surface area (Å²) in [4.78, 5) is 14.5. The van der Waals surface area contributed by atoms with Gasteiger partial charge in [-0.25, -0.2) is 13.1 Å². The minimum atomic E-state index is -3.81. The molecule has 0 atom stereocenters. The predicted octanol–water partition coefficient (Wildman–Crippen LogP) is 3.43. The second-order valence-corrected chi connectivity index (χ2v) is 9.89. The standard InChI is InChI=1S/C20H23Cl2N3O3S/c1-25(2)12-14-5-3-13(4-6-14)11-23-20(26)16-9-19(18(22)10-17(16)21)29(27,28)24-15-7-8-15/h3-6,9-10,15,24H,7-8,11-12H2,1-2H3,(H,23,26). The summed E-state index contributed by atoms with van der Waals surface area (Å²) in [5.41, 5.74) is 2.16. The summed E-state index contributed by atoms with van der Waals surface area (Å²) < 4.78 is 27.6. The Morgan fingerprint density at radius 2 is 1.69 bits per heavy atom. The van der Waals surface area contributed by atoms with Crippen LogP contribution in [0.1, 0.15) is 34.3 Å². The lowest BCUT2D eigenvalue weighted by atomic mass is 10.1. The van der Waals surface area contributed by atoms with Crippen molar-refractivity contribution in [3.63, 3.8) is 0 Å². The van der Waals surface area contributed by atoms with Crippen molar-refractivity contribution in [3.05, 3.63) is 63.1 Å². The molecule has 2 N–H and O–H groups in total. The number of halogens is 2. The molecule has 3 rings (SSSR count). The van der Waals surface area contributed by atoms with Crippen LogP contribution in [0.2, 0.25) is 10.0 Å². The Morgan fingerprint density at radius 1 is 1.07 bits per heavy atom. The smallest absolute Gasteiger partial charge is 0.253 e. The number of amides is 1. The highest BCUT2D eigenvalue weighted by Gasteiger charge is 2.30. The average Bonchev–Trinajstić information content (AvgIpc) is 3.43. The summed E-state index contributed by atoms with van der Waals surface area (Å²) in [5.74, 6) is -0.466. The number of carbonyl (C=O) groups excluding carboxylic acids is 1. The highest BCUT2D eigenvalue weighted by molar-refractivity contribution is 7.89. The van der Waals surface area contributed by atoms with Crippen LogP contribution in [-0.4, -0.2) is 39.4 Å². The summed E-state index contributed by atoms with van der Waals surface area (Å²) >= 11 is 12.2. The van der Waals surface area contributed by atoms with Crippen LogP contribution in [-0.2, 0) is 23.1 Å². The number of hydrogen-bond donors (Lipinski definition) is 2. The van der Waals surface area contributed by atoms with E-state index < -0.39 is 15.9 Å². The first-order chi connectivity index (χ1) is 13.7. The first kappa shape index (κ1) is 22.1. The van der Waals surface area contributed by atoms with E-state index in [2.05, 4.69) is 14.9 Å². The monoisotopic (exact) mass is 455 g/mol. The van der Waals surface area contributed by atoms with Gasteiger partial charge in [-0.2, -0.15) is 0 Å². The summed E-state index contributed by atoms with van der Waals surface area (Å²) in [7, 11) is 0.190. The number of rotatable bonds is 8. The zero-order chi connectivity index (χ0) is 21.2. The van der Waals surface area contributed by atoms with Gasteiger partial charge in [0.25, 0.3) is 5.91 Å². The molecule has 1 saturated carbocycles. The van der Waals surface area contributed by atoms with Gasteiger partial charge in [0, 0.05) is 19.1 Å². The predicted molar refractivity (Wildman–Crippen MR) is 115 cm³/mol. The Hall–Kier alpha value is -1.64. The molecule has 156 valence electrons. The minimum Gasteiger partial charge on any atom is -0.348 e. The van der Waals surface area contributed by atoms with E-state index in [-0.39, 0.29) is 26.5 Å². The third kappa shape index (κ3) is 5.93. The van der Waals surface area contributed by atoms with E-state index in [4.69, 9.17) is 23.2 Å². The fourth-order valence-electron chi connectivity index (χ4n) is 2.80. The van der Waals surface area contributed by atoms with Gasteiger partial charge >= 0.3 is 0 Å². The van der Waals surface area contributed by atoms with Gasteiger partial charge in [0.15, 0.2) is 0 Å². The van der Waals surface area contributed by atoms with Crippen LogP contribution in [0.25, 0.3) is 0 Å². The molecule has 1 aliphatic rings. The maximum atomic E-state index is 12.6. The van der Waals surface area contributed by atoms with Crippen molar-refractivity contribution in [2.45, 2.75) is 36.9 Å². The van der Waals surface area contributed by atoms with Gasteiger partial charge in [-0.1, -0.05) is 47.5 Å². The molecule has 1 amide bonds. The van der Waals surface area contributed by atoms with Gasteiger partial charge in [-0.3, -0.25) is 4.79 Å². The number of hydrogen-bond acceptors (Lipinski definition) is 4. The lowest BCUT2D eigenvalue weighted by molar-refractivity contribution is 0.0951. The van der Waals surface area contributed by atoms with Crippen LogP contribution in [0.15, 0.2) is 41.3 Å². The van der Waals surface area contributed by atoms with Crippen LogP contribution in [0, 0.1) is 0 Å². The van der Waals surface area contributed by atoms with Crippen molar-refractivity contribution < 1.29 is 13.2 Å². The topological polar surface area (TPSA) is 78.5 Å². The Morgan fingerprint density at radius 3 is 2.28 bits per heavy atom. The maximum absolute atomic E-state index is 12.6. The summed E-state index contributed by atoms with van der Waals surface area (Å²) in [5, 5.41) is 2.85. The lowest BCUT2D eigenvalue weighted by Crippen LogP contribution is -2.27. The SMILES string of the molecule is CN(C)Cc1ccc(CNC(=O)c2cc(S(=O)(=O)NC3CC3)c(Cl)cc2Cl)cc1. The van der Waals surface area contributed by atoms with Gasteiger partial charge in [-0.15, -0.1) is 0 Å². The molecule has 29 heavy (non-hydrogen) atoms. The van der Waals surface area contributed by atoms with Crippen molar-refractivity contribution in [3.8, 4) is 0 Å². The van der Waals surface area contributed by atoms with Crippen molar-refractivity contribution in [1.29, 1.82) is 0 Å². The van der Waals surface area contributed by atoms with Crippen LogP contribution < -0.4 is 10.0 Å². The lowest BCUT2D eigenvalue weighted by Gasteiger charge is -2.12. The van der Waals surface area contributed by atoms with Gasteiger partial charge in [0.2, 0.25) is 10.0 Å².